The fourth-order valence-electron chi connectivity index (χ4n) is 1.67. The summed E-state index contributed by atoms with van der Waals surface area (Å²) in [6.07, 6.45) is 0.503. The van der Waals surface area contributed by atoms with Crippen LogP contribution in [0, 0.1) is 5.92 Å². The zero-order chi connectivity index (χ0) is 14.4. The fraction of sp³-hybridized carbons (Fsp3) is 0.538. The SMILES string of the molecule is COC(=O)C(CC(C)C)NC(=O)c1ccc(CN)o1. The minimum absolute atomic E-state index is 0.137. The maximum Gasteiger partial charge on any atom is 0.328 e. The summed E-state index contributed by atoms with van der Waals surface area (Å²) in [7, 11) is 1.29. The first-order valence-electron chi connectivity index (χ1n) is 6.15. The standard InChI is InChI=1S/C13H20N2O4/c1-8(2)6-10(13(17)18-3)15-12(16)11-5-4-9(7-14)19-11/h4-5,8,10H,6-7,14H2,1-3H3,(H,15,16). The van der Waals surface area contributed by atoms with Gasteiger partial charge in [-0.15, -0.1) is 0 Å². The number of nitrogens with two attached hydrogens (primary N) is 1. The Bertz CT molecular complexity index is 440. The lowest BCUT2D eigenvalue weighted by Gasteiger charge is -2.17. The van der Waals surface area contributed by atoms with Crippen LogP contribution in [0.5, 0.6) is 0 Å². The first-order valence-corrected chi connectivity index (χ1v) is 6.15. The molecular formula is C13H20N2O4. The highest BCUT2D eigenvalue weighted by Gasteiger charge is 2.24. The number of hydrogen-bond donors (Lipinski definition) is 2. The van der Waals surface area contributed by atoms with E-state index in [4.69, 9.17) is 10.2 Å². The van der Waals surface area contributed by atoms with E-state index in [9.17, 15) is 9.59 Å². The van der Waals surface area contributed by atoms with Gasteiger partial charge in [-0.1, -0.05) is 13.8 Å². The molecule has 6 heteroatoms. The Morgan fingerprint density at radius 2 is 2.11 bits per heavy atom. The first kappa shape index (κ1) is 15.2. The first-order chi connectivity index (χ1) is 8.97. The molecule has 6 nitrogen and oxygen atoms in total. The summed E-state index contributed by atoms with van der Waals surface area (Å²) in [6.45, 7) is 4.14. The average molecular weight is 268 g/mol. The normalized spacial score (nSPS) is 12.3. The van der Waals surface area contributed by atoms with E-state index in [1.165, 1.54) is 13.2 Å². The predicted octanol–water partition coefficient (Wildman–Crippen LogP) is 1.06. The van der Waals surface area contributed by atoms with Crippen molar-refractivity contribution in [1.29, 1.82) is 0 Å². The number of carbonyl (C=O) groups excluding carboxylic acids is 2. The molecule has 0 fully saturated rings. The van der Waals surface area contributed by atoms with Gasteiger partial charge in [0, 0.05) is 0 Å². The average Bonchev–Trinajstić information content (AvgIpc) is 2.85. The molecule has 1 atom stereocenters. The molecule has 0 spiro atoms. The molecule has 106 valence electrons. The molecule has 0 bridgehead atoms. The Labute approximate surface area is 112 Å². The van der Waals surface area contributed by atoms with Crippen molar-refractivity contribution >= 4 is 11.9 Å². The Kier molecular flexibility index (Phi) is 5.57. The minimum atomic E-state index is -0.677. The fourth-order valence-corrected chi connectivity index (χ4v) is 1.67. The van der Waals surface area contributed by atoms with Gasteiger partial charge in [0.05, 0.1) is 13.7 Å². The van der Waals surface area contributed by atoms with Gasteiger partial charge in [-0.2, -0.15) is 0 Å². The summed E-state index contributed by atoms with van der Waals surface area (Å²) in [6, 6.07) is 2.48. The summed E-state index contributed by atoms with van der Waals surface area (Å²) in [4.78, 5) is 23.5. The lowest BCUT2D eigenvalue weighted by atomic mass is 10.0. The molecule has 0 radical (unpaired) electrons. The van der Waals surface area contributed by atoms with Gasteiger partial charge in [-0.25, -0.2) is 4.79 Å². The zero-order valence-electron chi connectivity index (χ0n) is 11.4. The maximum atomic E-state index is 11.9. The van der Waals surface area contributed by atoms with Gasteiger partial charge >= 0.3 is 5.97 Å². The maximum absolute atomic E-state index is 11.9. The number of rotatable bonds is 6. The van der Waals surface area contributed by atoms with E-state index in [1.54, 1.807) is 6.07 Å². The van der Waals surface area contributed by atoms with Crippen molar-refractivity contribution in [1.82, 2.24) is 5.32 Å². The van der Waals surface area contributed by atoms with Crippen LogP contribution >= 0.6 is 0 Å². The highest BCUT2D eigenvalue weighted by molar-refractivity contribution is 5.94. The third-order valence-corrected chi connectivity index (χ3v) is 2.58. The van der Waals surface area contributed by atoms with Crippen LogP contribution in [-0.2, 0) is 16.1 Å². The van der Waals surface area contributed by atoms with Gasteiger partial charge in [0.15, 0.2) is 5.76 Å². The van der Waals surface area contributed by atoms with Crippen molar-refractivity contribution in [3.05, 3.63) is 23.7 Å². The van der Waals surface area contributed by atoms with E-state index in [-0.39, 0.29) is 18.2 Å². The quantitative estimate of drug-likeness (QED) is 0.752. The van der Waals surface area contributed by atoms with E-state index in [1.807, 2.05) is 13.8 Å². The van der Waals surface area contributed by atoms with E-state index in [2.05, 4.69) is 10.1 Å². The summed E-state index contributed by atoms with van der Waals surface area (Å²) >= 11 is 0. The number of hydrogen-bond acceptors (Lipinski definition) is 5. The molecule has 1 aromatic heterocycles. The number of methoxy groups -OCH3 is 1. The van der Waals surface area contributed by atoms with Gasteiger partial charge < -0.3 is 20.2 Å². The van der Waals surface area contributed by atoms with Crippen LogP contribution in [0.15, 0.2) is 16.5 Å². The van der Waals surface area contributed by atoms with Crippen LogP contribution in [0.4, 0.5) is 0 Å². The second-order valence-corrected chi connectivity index (χ2v) is 4.65. The minimum Gasteiger partial charge on any atom is -0.467 e. The largest absolute Gasteiger partial charge is 0.467 e. The third kappa shape index (κ3) is 4.40. The van der Waals surface area contributed by atoms with E-state index < -0.39 is 17.9 Å². The van der Waals surface area contributed by atoms with Crippen LogP contribution in [0.25, 0.3) is 0 Å². The molecular weight excluding hydrogens is 248 g/mol. The van der Waals surface area contributed by atoms with Crippen molar-refractivity contribution in [2.45, 2.75) is 32.9 Å². The van der Waals surface area contributed by atoms with Crippen molar-refractivity contribution in [3.63, 3.8) is 0 Å². The molecule has 0 aromatic carbocycles. The number of amides is 1. The van der Waals surface area contributed by atoms with Gasteiger partial charge in [-0.3, -0.25) is 4.79 Å². The molecule has 1 aromatic rings. The summed E-state index contributed by atoms with van der Waals surface area (Å²) < 4.78 is 9.90. The molecule has 1 amide bonds. The zero-order valence-corrected chi connectivity index (χ0v) is 11.4. The van der Waals surface area contributed by atoms with Gasteiger partial charge in [-0.05, 0) is 24.5 Å². The number of carbonyl (C=O) groups is 2. The molecule has 19 heavy (non-hydrogen) atoms. The third-order valence-electron chi connectivity index (χ3n) is 2.58. The van der Waals surface area contributed by atoms with Crippen molar-refractivity contribution in [2.75, 3.05) is 7.11 Å². The molecule has 0 saturated heterocycles. The highest BCUT2D eigenvalue weighted by Crippen LogP contribution is 2.10. The molecule has 0 aliphatic carbocycles. The number of ether oxygens (including phenoxy) is 1. The predicted molar refractivity (Wildman–Crippen MR) is 69.3 cm³/mol. The molecule has 1 unspecified atom stereocenters. The van der Waals surface area contributed by atoms with Gasteiger partial charge in [0.1, 0.15) is 11.8 Å². The Hall–Kier alpha value is -1.82. The van der Waals surface area contributed by atoms with Crippen LogP contribution < -0.4 is 11.1 Å². The molecule has 0 aliphatic heterocycles. The summed E-state index contributed by atoms with van der Waals surface area (Å²) in [5.41, 5.74) is 5.40. The van der Waals surface area contributed by atoms with Crippen molar-refractivity contribution in [3.8, 4) is 0 Å². The molecule has 0 aliphatic rings. The highest BCUT2D eigenvalue weighted by atomic mass is 16.5. The summed E-state index contributed by atoms with van der Waals surface area (Å²) in [5.74, 6) is -0.00857. The van der Waals surface area contributed by atoms with E-state index in [0.717, 1.165) is 0 Å². The van der Waals surface area contributed by atoms with Gasteiger partial charge in [0.25, 0.3) is 5.91 Å². The lowest BCUT2D eigenvalue weighted by Crippen LogP contribution is -2.42. The number of esters is 1. The smallest absolute Gasteiger partial charge is 0.328 e. The van der Waals surface area contributed by atoms with Crippen LogP contribution in [-0.4, -0.2) is 25.0 Å². The van der Waals surface area contributed by atoms with Gasteiger partial charge in [0.2, 0.25) is 0 Å². The molecule has 1 rings (SSSR count). The van der Waals surface area contributed by atoms with E-state index >= 15 is 0 Å². The number of nitrogens with one attached hydrogen (secondary N) is 1. The number of furan rings is 1. The topological polar surface area (TPSA) is 94.6 Å². The Balaban J connectivity index is 2.72. The van der Waals surface area contributed by atoms with Crippen LogP contribution in [0.1, 0.15) is 36.6 Å². The lowest BCUT2D eigenvalue weighted by molar-refractivity contribution is -0.143. The molecule has 1 heterocycles. The second-order valence-electron chi connectivity index (χ2n) is 4.65. The summed E-state index contributed by atoms with van der Waals surface area (Å²) in [5, 5.41) is 2.60. The molecule has 3 N–H and O–H groups in total. The van der Waals surface area contributed by atoms with Crippen molar-refractivity contribution in [2.24, 2.45) is 11.7 Å². The Morgan fingerprint density at radius 1 is 1.42 bits per heavy atom. The Morgan fingerprint density at radius 3 is 2.58 bits per heavy atom. The van der Waals surface area contributed by atoms with Crippen molar-refractivity contribution < 1.29 is 18.7 Å². The van der Waals surface area contributed by atoms with Crippen LogP contribution in [0.2, 0.25) is 0 Å². The monoisotopic (exact) mass is 268 g/mol. The molecule has 0 saturated carbocycles. The van der Waals surface area contributed by atoms with Crippen LogP contribution in [0.3, 0.4) is 0 Å². The second kappa shape index (κ2) is 6.94. The van der Waals surface area contributed by atoms with E-state index in [0.29, 0.717) is 12.2 Å².